The number of aryl methyl sites for hydroxylation is 2. The zero-order chi connectivity index (χ0) is 13.4. The van der Waals surface area contributed by atoms with Crippen LogP contribution in [0.2, 0.25) is 0 Å². The molecule has 0 spiro atoms. The van der Waals surface area contributed by atoms with Gasteiger partial charge in [0.15, 0.2) is 0 Å². The van der Waals surface area contributed by atoms with E-state index < -0.39 is 0 Å². The first kappa shape index (κ1) is 11.6. The lowest BCUT2D eigenvalue weighted by Gasteiger charge is -2.29. The molecule has 1 aromatic heterocycles. The first-order valence-electron chi connectivity index (χ1n) is 6.12. The van der Waals surface area contributed by atoms with E-state index in [9.17, 15) is 4.79 Å². The topological polar surface area (TPSA) is 58.1 Å². The molecule has 0 unspecified atom stereocenters. The number of amides is 1. The van der Waals surface area contributed by atoms with Crippen LogP contribution >= 0.6 is 0 Å². The highest BCUT2D eigenvalue weighted by atomic mass is 16.2. The van der Waals surface area contributed by atoms with E-state index in [1.807, 2.05) is 49.1 Å². The fraction of sp³-hybridized carbons (Fsp3) is 0.214. The van der Waals surface area contributed by atoms with Crippen LogP contribution in [-0.2, 0) is 4.79 Å². The Labute approximate surface area is 111 Å². The van der Waals surface area contributed by atoms with Crippen LogP contribution < -0.4 is 10.2 Å². The first-order chi connectivity index (χ1) is 9.13. The number of nitrogens with one attached hydrogen (secondary N) is 1. The zero-order valence-electron chi connectivity index (χ0n) is 10.8. The van der Waals surface area contributed by atoms with Gasteiger partial charge in [-0.3, -0.25) is 9.69 Å². The predicted molar refractivity (Wildman–Crippen MR) is 73.6 cm³/mol. The Morgan fingerprint density at radius 2 is 1.84 bits per heavy atom. The molecular weight excluding hydrogens is 240 g/mol. The summed E-state index contributed by atoms with van der Waals surface area (Å²) in [6.45, 7) is 4.09. The Morgan fingerprint density at radius 3 is 2.58 bits per heavy atom. The lowest BCUT2D eigenvalue weighted by atomic mass is 10.2. The third kappa shape index (κ3) is 2.14. The van der Waals surface area contributed by atoms with Gasteiger partial charge in [0.25, 0.3) is 0 Å². The van der Waals surface area contributed by atoms with Gasteiger partial charge < -0.3 is 5.32 Å². The average molecular weight is 254 g/mol. The molecule has 2 heterocycles. The Kier molecular flexibility index (Phi) is 2.67. The number of carbonyl (C=O) groups excluding carboxylic acids is 1. The molecule has 0 atom stereocenters. The number of benzene rings is 1. The van der Waals surface area contributed by atoms with Crippen molar-refractivity contribution in [3.05, 3.63) is 41.7 Å². The normalized spacial score (nSPS) is 14.0. The van der Waals surface area contributed by atoms with Crippen LogP contribution in [0.5, 0.6) is 0 Å². The number of rotatable bonds is 1. The van der Waals surface area contributed by atoms with Gasteiger partial charge in [-0.2, -0.15) is 0 Å². The summed E-state index contributed by atoms with van der Waals surface area (Å²) in [6.07, 6.45) is 0. The third-order valence-electron chi connectivity index (χ3n) is 2.98. The number of hydrogen-bond donors (Lipinski definition) is 1. The molecule has 1 aliphatic heterocycles. The van der Waals surface area contributed by atoms with Crippen molar-refractivity contribution in [2.45, 2.75) is 13.8 Å². The van der Waals surface area contributed by atoms with Gasteiger partial charge in [0.05, 0.1) is 11.4 Å². The van der Waals surface area contributed by atoms with E-state index in [0.29, 0.717) is 5.95 Å². The van der Waals surface area contributed by atoms with E-state index in [1.165, 1.54) is 0 Å². The van der Waals surface area contributed by atoms with Gasteiger partial charge >= 0.3 is 0 Å². The highest BCUT2D eigenvalue weighted by molar-refractivity contribution is 6.02. The largest absolute Gasteiger partial charge is 0.323 e. The van der Waals surface area contributed by atoms with Gasteiger partial charge in [-0.1, -0.05) is 12.1 Å². The molecule has 0 saturated carbocycles. The molecule has 2 aromatic rings. The first-order valence-corrected chi connectivity index (χ1v) is 6.12. The summed E-state index contributed by atoms with van der Waals surface area (Å²) in [4.78, 5) is 22.5. The quantitative estimate of drug-likeness (QED) is 0.847. The summed E-state index contributed by atoms with van der Waals surface area (Å²) in [5.74, 6) is 0.515. The van der Waals surface area contributed by atoms with Crippen LogP contribution in [0.3, 0.4) is 0 Å². The number of para-hydroxylation sites is 2. The maximum Gasteiger partial charge on any atom is 0.244 e. The molecule has 1 amide bonds. The predicted octanol–water partition coefficient (Wildman–Crippen LogP) is 2.18. The maximum atomic E-state index is 11.8. The maximum absolute atomic E-state index is 11.8. The molecule has 3 rings (SSSR count). The number of nitrogens with zero attached hydrogens (tertiary/aromatic N) is 3. The zero-order valence-corrected chi connectivity index (χ0v) is 10.8. The van der Waals surface area contributed by atoms with E-state index >= 15 is 0 Å². The Bertz CT molecular complexity index is 633. The molecule has 96 valence electrons. The van der Waals surface area contributed by atoms with E-state index in [0.717, 1.165) is 22.8 Å². The number of carbonyl (C=O) groups is 1. The molecule has 1 aliphatic rings. The van der Waals surface area contributed by atoms with Crippen LogP contribution in [0, 0.1) is 13.8 Å². The number of anilines is 3. The minimum Gasteiger partial charge on any atom is -0.323 e. The fourth-order valence-corrected chi connectivity index (χ4v) is 2.24. The minimum atomic E-state index is -0.0542. The molecule has 0 radical (unpaired) electrons. The molecule has 0 fully saturated rings. The SMILES string of the molecule is Cc1cc(C)nc(N2CC(=O)Nc3ccccc32)n1. The van der Waals surface area contributed by atoms with Crippen molar-refractivity contribution in [1.29, 1.82) is 0 Å². The summed E-state index contributed by atoms with van der Waals surface area (Å²) in [5, 5.41) is 2.85. The monoisotopic (exact) mass is 254 g/mol. The Hall–Kier alpha value is -2.43. The lowest BCUT2D eigenvalue weighted by molar-refractivity contribution is -0.115. The molecular formula is C14H14N4O. The van der Waals surface area contributed by atoms with Crippen molar-refractivity contribution < 1.29 is 4.79 Å². The van der Waals surface area contributed by atoms with Gasteiger partial charge in [0.2, 0.25) is 11.9 Å². The number of hydrogen-bond acceptors (Lipinski definition) is 4. The summed E-state index contributed by atoms with van der Waals surface area (Å²) >= 11 is 0. The average Bonchev–Trinajstić information content (AvgIpc) is 2.36. The van der Waals surface area contributed by atoms with Gasteiger partial charge in [0, 0.05) is 11.4 Å². The smallest absolute Gasteiger partial charge is 0.244 e. The van der Waals surface area contributed by atoms with Gasteiger partial charge in [0.1, 0.15) is 6.54 Å². The van der Waals surface area contributed by atoms with Crippen LogP contribution in [0.15, 0.2) is 30.3 Å². The highest BCUT2D eigenvalue weighted by Crippen LogP contribution is 2.32. The second kappa shape index (κ2) is 4.35. The van der Waals surface area contributed by atoms with Crippen molar-refractivity contribution in [2.24, 2.45) is 0 Å². The molecule has 0 aliphatic carbocycles. The van der Waals surface area contributed by atoms with Crippen molar-refractivity contribution in [3.63, 3.8) is 0 Å². The van der Waals surface area contributed by atoms with Crippen LogP contribution in [0.1, 0.15) is 11.4 Å². The van der Waals surface area contributed by atoms with Gasteiger partial charge in [-0.25, -0.2) is 9.97 Å². The summed E-state index contributed by atoms with van der Waals surface area (Å²) < 4.78 is 0. The van der Waals surface area contributed by atoms with Crippen molar-refractivity contribution in [2.75, 3.05) is 16.8 Å². The van der Waals surface area contributed by atoms with E-state index in [4.69, 9.17) is 0 Å². The summed E-state index contributed by atoms with van der Waals surface area (Å²) in [7, 11) is 0. The molecule has 0 saturated heterocycles. The summed E-state index contributed by atoms with van der Waals surface area (Å²) in [5.41, 5.74) is 3.51. The van der Waals surface area contributed by atoms with Crippen molar-refractivity contribution >= 4 is 23.2 Å². The number of aromatic nitrogens is 2. The lowest BCUT2D eigenvalue weighted by Crippen LogP contribution is -2.36. The molecule has 5 heteroatoms. The third-order valence-corrected chi connectivity index (χ3v) is 2.98. The Morgan fingerprint density at radius 1 is 1.16 bits per heavy atom. The van der Waals surface area contributed by atoms with Crippen molar-refractivity contribution in [1.82, 2.24) is 9.97 Å². The fourth-order valence-electron chi connectivity index (χ4n) is 2.24. The van der Waals surface area contributed by atoms with Crippen molar-refractivity contribution in [3.8, 4) is 0 Å². The van der Waals surface area contributed by atoms with E-state index in [1.54, 1.807) is 0 Å². The second-order valence-corrected chi connectivity index (χ2v) is 4.60. The number of fused-ring (bicyclic) bond motifs is 1. The van der Waals surface area contributed by atoms with E-state index in [2.05, 4.69) is 15.3 Å². The van der Waals surface area contributed by atoms with Crippen LogP contribution in [0.4, 0.5) is 17.3 Å². The van der Waals surface area contributed by atoms with Crippen LogP contribution in [-0.4, -0.2) is 22.4 Å². The van der Waals surface area contributed by atoms with Crippen LogP contribution in [0.25, 0.3) is 0 Å². The second-order valence-electron chi connectivity index (χ2n) is 4.60. The Balaban J connectivity index is 2.12. The van der Waals surface area contributed by atoms with Gasteiger partial charge in [-0.05, 0) is 32.0 Å². The highest BCUT2D eigenvalue weighted by Gasteiger charge is 2.24. The molecule has 1 N–H and O–H groups in total. The van der Waals surface area contributed by atoms with E-state index in [-0.39, 0.29) is 12.5 Å². The molecule has 19 heavy (non-hydrogen) atoms. The molecule has 5 nitrogen and oxygen atoms in total. The molecule has 0 bridgehead atoms. The summed E-state index contributed by atoms with van der Waals surface area (Å²) in [6, 6.07) is 9.58. The van der Waals surface area contributed by atoms with Gasteiger partial charge in [-0.15, -0.1) is 0 Å². The molecule has 1 aromatic carbocycles. The standard InChI is InChI=1S/C14H14N4O/c1-9-7-10(2)16-14(15-9)18-8-13(19)17-11-5-3-4-6-12(11)18/h3-7H,8H2,1-2H3,(H,17,19). The minimum absolute atomic E-state index is 0.0542.